The number of ketones is 1. The van der Waals surface area contributed by atoms with Gasteiger partial charge in [0.05, 0.1) is 12.1 Å². The van der Waals surface area contributed by atoms with Crippen LogP contribution < -0.4 is 16.4 Å². The van der Waals surface area contributed by atoms with Crippen LogP contribution in [0.2, 0.25) is 0 Å². The normalized spacial score (nSPS) is 28.2. The third-order valence-electron chi connectivity index (χ3n) is 6.94. The van der Waals surface area contributed by atoms with E-state index in [0.29, 0.717) is 25.8 Å². The molecule has 4 atom stereocenters. The lowest BCUT2D eigenvalue weighted by Gasteiger charge is -2.32. The molecule has 0 saturated carbocycles. The van der Waals surface area contributed by atoms with E-state index < -0.39 is 29.8 Å². The van der Waals surface area contributed by atoms with Crippen molar-refractivity contribution < 1.29 is 19.2 Å². The summed E-state index contributed by atoms with van der Waals surface area (Å²) in [4.78, 5) is 53.4. The minimum Gasteiger partial charge on any atom is -0.346 e. The zero-order chi connectivity index (χ0) is 24.4. The molecular formula is C25H42N4O4. The van der Waals surface area contributed by atoms with Crippen LogP contribution in [0.25, 0.3) is 0 Å². The summed E-state index contributed by atoms with van der Waals surface area (Å²) in [6.07, 6.45) is 10.1. The standard InChI is InChI=1S/C25H42N4O4/c1-4-15-27-24(32)22(30)20-13-11-9-7-5-6-8-10-12-19(26)25(33)29-16-14-18(17(2)3)21(29)23(31)28-20/h4,17-21H,1,5-16,26H2,2-3H3,(H,27,32)(H,28,31)/t18-,19+,20+,21+/m1/s1. The van der Waals surface area contributed by atoms with Crippen molar-refractivity contribution in [3.8, 4) is 0 Å². The summed E-state index contributed by atoms with van der Waals surface area (Å²) >= 11 is 0. The summed E-state index contributed by atoms with van der Waals surface area (Å²) in [7, 11) is 0. The molecular weight excluding hydrogens is 420 g/mol. The molecule has 0 unspecified atom stereocenters. The highest BCUT2D eigenvalue weighted by Crippen LogP contribution is 2.32. The molecule has 2 rings (SSSR count). The molecule has 2 saturated heterocycles. The number of nitrogens with one attached hydrogen (secondary N) is 2. The second kappa shape index (κ2) is 13.5. The molecule has 3 amide bonds. The Bertz CT molecular complexity index is 709. The minimum atomic E-state index is -0.908. The van der Waals surface area contributed by atoms with E-state index in [-0.39, 0.29) is 30.2 Å². The third-order valence-corrected chi connectivity index (χ3v) is 6.94. The van der Waals surface area contributed by atoms with Crippen molar-refractivity contribution in [1.29, 1.82) is 0 Å². The molecule has 33 heavy (non-hydrogen) atoms. The topological polar surface area (TPSA) is 122 Å². The summed E-state index contributed by atoms with van der Waals surface area (Å²) in [5.74, 6) is -1.78. The van der Waals surface area contributed by atoms with Crippen LogP contribution >= 0.6 is 0 Å². The van der Waals surface area contributed by atoms with Crippen molar-refractivity contribution in [3.05, 3.63) is 12.7 Å². The van der Waals surface area contributed by atoms with Gasteiger partial charge in [0.15, 0.2) is 0 Å². The lowest BCUT2D eigenvalue weighted by Crippen LogP contribution is -2.57. The molecule has 2 fully saturated rings. The number of hydrogen-bond donors (Lipinski definition) is 3. The first kappa shape index (κ1) is 27.0. The number of fused-ring (bicyclic) bond motifs is 1. The summed E-state index contributed by atoms with van der Waals surface area (Å²) in [6.45, 7) is 8.29. The van der Waals surface area contributed by atoms with Crippen LogP contribution in [0.4, 0.5) is 0 Å². The van der Waals surface area contributed by atoms with Crippen LogP contribution in [0.1, 0.15) is 78.1 Å². The van der Waals surface area contributed by atoms with Crippen LogP contribution in [0, 0.1) is 11.8 Å². The molecule has 0 aromatic carbocycles. The second-order valence-corrected chi connectivity index (χ2v) is 9.76. The number of carbonyl (C=O) groups is 4. The zero-order valence-electron chi connectivity index (χ0n) is 20.3. The van der Waals surface area contributed by atoms with Gasteiger partial charge < -0.3 is 21.3 Å². The van der Waals surface area contributed by atoms with Crippen molar-refractivity contribution in [2.45, 2.75) is 96.2 Å². The molecule has 0 aliphatic carbocycles. The number of Topliss-reactive ketones (excluding diaryl/α,β-unsaturated/α-hetero) is 1. The largest absolute Gasteiger partial charge is 0.346 e. The molecule has 0 spiro atoms. The molecule has 0 aromatic rings. The molecule has 2 heterocycles. The Labute approximate surface area is 198 Å². The van der Waals surface area contributed by atoms with Gasteiger partial charge in [0.25, 0.3) is 5.91 Å². The molecule has 0 bridgehead atoms. The van der Waals surface area contributed by atoms with Crippen molar-refractivity contribution in [1.82, 2.24) is 15.5 Å². The Balaban J connectivity index is 2.27. The summed E-state index contributed by atoms with van der Waals surface area (Å²) in [5.41, 5.74) is 6.23. The monoisotopic (exact) mass is 462 g/mol. The van der Waals surface area contributed by atoms with Gasteiger partial charge in [0, 0.05) is 13.1 Å². The van der Waals surface area contributed by atoms with Gasteiger partial charge in [-0.25, -0.2) is 0 Å². The van der Waals surface area contributed by atoms with Gasteiger partial charge in [-0.3, -0.25) is 19.2 Å². The summed E-state index contributed by atoms with van der Waals surface area (Å²) < 4.78 is 0. The van der Waals surface area contributed by atoms with Gasteiger partial charge in [-0.15, -0.1) is 6.58 Å². The molecule has 0 aromatic heterocycles. The Kier molecular flexibility index (Phi) is 11.0. The molecule has 2 aliphatic heterocycles. The SMILES string of the molecule is C=CCNC(=O)C(=O)[C@@H]1CCCCCCCCC[C@H](N)C(=O)N2CC[C@H](C(C)C)[C@H]2C(=O)N1. The molecule has 0 radical (unpaired) electrons. The van der Waals surface area contributed by atoms with Crippen molar-refractivity contribution in [3.63, 3.8) is 0 Å². The number of rotatable bonds is 5. The van der Waals surface area contributed by atoms with Gasteiger partial charge in [-0.1, -0.05) is 64.9 Å². The van der Waals surface area contributed by atoms with E-state index in [9.17, 15) is 19.2 Å². The first-order valence-corrected chi connectivity index (χ1v) is 12.6. The van der Waals surface area contributed by atoms with Gasteiger partial charge >= 0.3 is 0 Å². The highest BCUT2D eigenvalue weighted by Gasteiger charge is 2.45. The Morgan fingerprint density at radius 3 is 2.30 bits per heavy atom. The van der Waals surface area contributed by atoms with Crippen molar-refractivity contribution in [2.75, 3.05) is 13.1 Å². The lowest BCUT2D eigenvalue weighted by molar-refractivity contribution is -0.143. The van der Waals surface area contributed by atoms with Crippen molar-refractivity contribution in [2.24, 2.45) is 17.6 Å². The first-order valence-electron chi connectivity index (χ1n) is 12.6. The van der Waals surface area contributed by atoms with Crippen LogP contribution in [0.5, 0.6) is 0 Å². The Morgan fingerprint density at radius 1 is 1.09 bits per heavy atom. The molecule has 8 heteroatoms. The van der Waals surface area contributed by atoms with E-state index in [0.717, 1.165) is 44.9 Å². The molecule has 8 nitrogen and oxygen atoms in total. The number of hydrogen-bond acceptors (Lipinski definition) is 5. The van der Waals surface area contributed by atoms with E-state index in [2.05, 4.69) is 17.2 Å². The summed E-state index contributed by atoms with van der Waals surface area (Å²) in [5, 5.41) is 5.35. The predicted octanol–water partition coefficient (Wildman–Crippen LogP) is 2.07. The number of amides is 3. The predicted molar refractivity (Wildman–Crippen MR) is 128 cm³/mol. The van der Waals surface area contributed by atoms with Crippen LogP contribution in [-0.4, -0.2) is 59.6 Å². The highest BCUT2D eigenvalue weighted by molar-refractivity contribution is 6.38. The molecule has 4 N–H and O–H groups in total. The van der Waals surface area contributed by atoms with E-state index in [1.807, 2.05) is 13.8 Å². The van der Waals surface area contributed by atoms with Crippen LogP contribution in [-0.2, 0) is 19.2 Å². The van der Waals surface area contributed by atoms with Gasteiger partial charge in [0.2, 0.25) is 17.6 Å². The smallest absolute Gasteiger partial charge is 0.289 e. The highest BCUT2D eigenvalue weighted by atomic mass is 16.2. The minimum absolute atomic E-state index is 0.0228. The number of nitrogens with zero attached hydrogens (tertiary/aromatic N) is 1. The Hall–Kier alpha value is -2.22. The van der Waals surface area contributed by atoms with E-state index in [1.54, 1.807) is 4.90 Å². The lowest BCUT2D eigenvalue weighted by atomic mass is 9.87. The van der Waals surface area contributed by atoms with Crippen LogP contribution in [0.15, 0.2) is 12.7 Å². The van der Waals surface area contributed by atoms with E-state index in [1.165, 1.54) is 6.08 Å². The third kappa shape index (κ3) is 7.66. The quantitative estimate of drug-likeness (QED) is 0.426. The van der Waals surface area contributed by atoms with Gasteiger partial charge in [-0.2, -0.15) is 0 Å². The van der Waals surface area contributed by atoms with E-state index in [4.69, 9.17) is 5.73 Å². The van der Waals surface area contributed by atoms with Gasteiger partial charge in [0.1, 0.15) is 6.04 Å². The van der Waals surface area contributed by atoms with E-state index >= 15 is 0 Å². The average molecular weight is 463 g/mol. The maximum atomic E-state index is 13.5. The van der Waals surface area contributed by atoms with Crippen molar-refractivity contribution >= 4 is 23.5 Å². The fraction of sp³-hybridized carbons (Fsp3) is 0.760. The number of carbonyl (C=O) groups excluding carboxylic acids is 4. The Morgan fingerprint density at radius 2 is 1.70 bits per heavy atom. The average Bonchev–Trinajstić information content (AvgIpc) is 3.24. The van der Waals surface area contributed by atoms with Crippen LogP contribution in [0.3, 0.4) is 0 Å². The fourth-order valence-corrected chi connectivity index (χ4v) is 4.97. The molecule has 186 valence electrons. The summed E-state index contributed by atoms with van der Waals surface area (Å²) in [6, 6.07) is -2.21. The fourth-order valence-electron chi connectivity index (χ4n) is 4.97. The molecule has 2 aliphatic rings. The van der Waals surface area contributed by atoms with Gasteiger partial charge in [-0.05, 0) is 31.1 Å². The maximum absolute atomic E-state index is 13.5. The number of nitrogens with two attached hydrogens (primary N) is 1. The zero-order valence-corrected chi connectivity index (χ0v) is 20.3. The first-order chi connectivity index (χ1) is 15.8. The maximum Gasteiger partial charge on any atom is 0.289 e. The second-order valence-electron chi connectivity index (χ2n) is 9.76.